The maximum Gasteiger partial charge on any atom is 0.241 e. The van der Waals surface area contributed by atoms with Gasteiger partial charge in [0.05, 0.1) is 12.1 Å². The number of carbonyl (C=O) groups excluding carboxylic acids is 1. The second kappa shape index (κ2) is 5.27. The minimum absolute atomic E-state index is 0.0707. The molecular formula is C14H23N3O. The van der Waals surface area contributed by atoms with Crippen molar-refractivity contribution in [1.29, 1.82) is 5.26 Å². The molecule has 5 atom stereocenters. The molecule has 0 aromatic carbocycles. The van der Waals surface area contributed by atoms with Gasteiger partial charge in [-0.05, 0) is 38.1 Å². The van der Waals surface area contributed by atoms with Crippen LogP contribution in [0.3, 0.4) is 0 Å². The van der Waals surface area contributed by atoms with Gasteiger partial charge in [0.2, 0.25) is 5.91 Å². The minimum atomic E-state index is -0.234. The summed E-state index contributed by atoms with van der Waals surface area (Å²) in [5.41, 5.74) is 0. The highest BCUT2D eigenvalue weighted by molar-refractivity contribution is 5.83. The quantitative estimate of drug-likeness (QED) is 0.807. The van der Waals surface area contributed by atoms with E-state index in [1.54, 1.807) is 0 Å². The summed E-state index contributed by atoms with van der Waals surface area (Å²) >= 11 is 0. The largest absolute Gasteiger partial charge is 0.322 e. The number of nitrogens with one attached hydrogen (secondary N) is 1. The van der Waals surface area contributed by atoms with Gasteiger partial charge in [0, 0.05) is 6.04 Å². The first-order valence-electron chi connectivity index (χ1n) is 7.05. The summed E-state index contributed by atoms with van der Waals surface area (Å²) in [6.45, 7) is 7.25. The molecule has 2 rings (SSSR count). The second-order valence-corrected chi connectivity index (χ2v) is 5.73. The molecule has 0 bridgehead atoms. The minimum Gasteiger partial charge on any atom is -0.322 e. The lowest BCUT2D eigenvalue weighted by atomic mass is 9.96. The van der Waals surface area contributed by atoms with Crippen molar-refractivity contribution in [3.8, 4) is 6.07 Å². The molecule has 0 aliphatic carbocycles. The third-order valence-corrected chi connectivity index (χ3v) is 4.74. The fourth-order valence-electron chi connectivity index (χ4n) is 3.34. The zero-order chi connectivity index (χ0) is 13.3. The zero-order valence-electron chi connectivity index (χ0n) is 11.5. The van der Waals surface area contributed by atoms with E-state index in [0.717, 1.165) is 25.8 Å². The number of nitrogens with zero attached hydrogens (tertiary/aromatic N) is 2. The molecule has 1 N–H and O–H groups in total. The predicted octanol–water partition coefficient (Wildman–Crippen LogP) is 1.52. The Hall–Kier alpha value is -1.08. The van der Waals surface area contributed by atoms with Gasteiger partial charge in [0.25, 0.3) is 0 Å². The molecule has 0 saturated carbocycles. The number of carbonyl (C=O) groups is 1. The Morgan fingerprint density at radius 2 is 2.22 bits per heavy atom. The van der Waals surface area contributed by atoms with Gasteiger partial charge in [-0.1, -0.05) is 20.3 Å². The van der Waals surface area contributed by atoms with Crippen LogP contribution in [-0.4, -0.2) is 35.5 Å². The molecule has 2 aliphatic rings. The van der Waals surface area contributed by atoms with E-state index in [9.17, 15) is 10.1 Å². The molecule has 0 spiro atoms. The van der Waals surface area contributed by atoms with E-state index < -0.39 is 0 Å². The Morgan fingerprint density at radius 3 is 2.83 bits per heavy atom. The molecular weight excluding hydrogens is 226 g/mol. The van der Waals surface area contributed by atoms with Crippen molar-refractivity contribution in [3.05, 3.63) is 0 Å². The van der Waals surface area contributed by atoms with E-state index in [2.05, 4.69) is 32.2 Å². The maximum absolute atomic E-state index is 12.7. The van der Waals surface area contributed by atoms with Gasteiger partial charge in [0.15, 0.2) is 0 Å². The molecule has 18 heavy (non-hydrogen) atoms. The van der Waals surface area contributed by atoms with Crippen LogP contribution < -0.4 is 5.32 Å². The molecule has 2 fully saturated rings. The van der Waals surface area contributed by atoms with Crippen molar-refractivity contribution in [1.82, 2.24) is 10.2 Å². The van der Waals surface area contributed by atoms with Crippen molar-refractivity contribution in [2.75, 3.05) is 6.54 Å². The van der Waals surface area contributed by atoms with Crippen LogP contribution in [0, 0.1) is 23.2 Å². The first-order valence-corrected chi connectivity index (χ1v) is 7.05. The average Bonchev–Trinajstić information content (AvgIpc) is 2.94. The highest BCUT2D eigenvalue weighted by atomic mass is 16.2. The summed E-state index contributed by atoms with van der Waals surface area (Å²) in [5, 5.41) is 12.5. The number of hydrogen-bond acceptors (Lipinski definition) is 3. The van der Waals surface area contributed by atoms with Crippen molar-refractivity contribution >= 4 is 5.91 Å². The Morgan fingerprint density at radius 1 is 1.50 bits per heavy atom. The van der Waals surface area contributed by atoms with Crippen LogP contribution in [0.4, 0.5) is 0 Å². The molecule has 0 aromatic heterocycles. The lowest BCUT2D eigenvalue weighted by molar-refractivity contribution is -0.136. The van der Waals surface area contributed by atoms with Crippen LogP contribution in [0.5, 0.6) is 0 Å². The van der Waals surface area contributed by atoms with Gasteiger partial charge in [-0.2, -0.15) is 5.26 Å². The molecule has 100 valence electrons. The Labute approximate surface area is 109 Å². The number of likely N-dealkylation sites (tertiary alicyclic amines) is 1. The fraction of sp³-hybridized carbons (Fsp3) is 0.857. The monoisotopic (exact) mass is 249 g/mol. The van der Waals surface area contributed by atoms with Gasteiger partial charge in [-0.3, -0.25) is 4.79 Å². The third-order valence-electron chi connectivity index (χ3n) is 4.74. The first kappa shape index (κ1) is 13.4. The van der Waals surface area contributed by atoms with Crippen LogP contribution in [0.1, 0.15) is 40.0 Å². The molecule has 1 unspecified atom stereocenters. The highest BCUT2D eigenvalue weighted by Gasteiger charge is 2.44. The van der Waals surface area contributed by atoms with Crippen LogP contribution >= 0.6 is 0 Å². The molecule has 2 heterocycles. The van der Waals surface area contributed by atoms with Crippen LogP contribution in [0.2, 0.25) is 0 Å². The predicted molar refractivity (Wildman–Crippen MR) is 69.7 cm³/mol. The zero-order valence-corrected chi connectivity index (χ0v) is 11.5. The normalized spacial score (nSPS) is 39.9. The first-order chi connectivity index (χ1) is 8.60. The maximum atomic E-state index is 12.7. The number of hydrogen-bond donors (Lipinski definition) is 1. The average molecular weight is 249 g/mol. The fourth-order valence-corrected chi connectivity index (χ4v) is 3.34. The SMILES string of the molecule is CC[C@H]1CCN[C@@H]1C(=O)N1C(C)[C@@H](C)C[C@H]1C#N. The Bertz CT molecular complexity index is 363. The molecule has 0 aromatic rings. The van der Waals surface area contributed by atoms with E-state index >= 15 is 0 Å². The Balaban J connectivity index is 2.15. The lowest BCUT2D eigenvalue weighted by Crippen LogP contribution is -2.50. The van der Waals surface area contributed by atoms with Crippen molar-refractivity contribution in [2.45, 2.75) is 58.2 Å². The third kappa shape index (κ3) is 2.12. The Kier molecular flexibility index (Phi) is 3.91. The van der Waals surface area contributed by atoms with E-state index in [-0.39, 0.29) is 24.0 Å². The van der Waals surface area contributed by atoms with Gasteiger partial charge in [0.1, 0.15) is 6.04 Å². The van der Waals surface area contributed by atoms with Crippen molar-refractivity contribution in [3.63, 3.8) is 0 Å². The molecule has 0 radical (unpaired) electrons. The van der Waals surface area contributed by atoms with Gasteiger partial charge in [-0.25, -0.2) is 0 Å². The van der Waals surface area contributed by atoms with E-state index in [0.29, 0.717) is 11.8 Å². The molecule has 4 heteroatoms. The second-order valence-electron chi connectivity index (χ2n) is 5.73. The van der Waals surface area contributed by atoms with Gasteiger partial charge in [-0.15, -0.1) is 0 Å². The number of amides is 1. The van der Waals surface area contributed by atoms with Gasteiger partial charge < -0.3 is 10.2 Å². The molecule has 1 amide bonds. The number of nitriles is 1. The topological polar surface area (TPSA) is 56.1 Å². The van der Waals surface area contributed by atoms with Crippen molar-refractivity contribution in [2.24, 2.45) is 11.8 Å². The summed E-state index contributed by atoms with van der Waals surface area (Å²) < 4.78 is 0. The summed E-state index contributed by atoms with van der Waals surface area (Å²) in [6, 6.07) is 2.17. The summed E-state index contributed by atoms with van der Waals surface area (Å²) in [5.74, 6) is 0.989. The van der Waals surface area contributed by atoms with Crippen LogP contribution in [0.25, 0.3) is 0 Å². The lowest BCUT2D eigenvalue weighted by Gasteiger charge is -2.30. The van der Waals surface area contributed by atoms with E-state index in [1.165, 1.54) is 0 Å². The van der Waals surface area contributed by atoms with E-state index in [4.69, 9.17) is 0 Å². The van der Waals surface area contributed by atoms with E-state index in [1.807, 2.05) is 4.90 Å². The summed E-state index contributed by atoms with van der Waals surface area (Å²) in [7, 11) is 0. The number of rotatable bonds is 2. The molecule has 2 saturated heterocycles. The smallest absolute Gasteiger partial charge is 0.241 e. The summed E-state index contributed by atoms with van der Waals surface area (Å²) in [4.78, 5) is 14.5. The summed E-state index contributed by atoms with van der Waals surface area (Å²) in [6.07, 6.45) is 2.91. The van der Waals surface area contributed by atoms with Crippen molar-refractivity contribution < 1.29 is 4.79 Å². The molecule has 4 nitrogen and oxygen atoms in total. The van der Waals surface area contributed by atoms with Crippen LogP contribution in [0.15, 0.2) is 0 Å². The molecule has 2 aliphatic heterocycles. The van der Waals surface area contributed by atoms with Gasteiger partial charge >= 0.3 is 0 Å². The van der Waals surface area contributed by atoms with Crippen LogP contribution in [-0.2, 0) is 4.79 Å². The standard InChI is InChI=1S/C14H23N3O/c1-4-11-5-6-16-13(11)14(18)17-10(3)9(2)7-12(17)8-15/h9-13,16H,4-7H2,1-3H3/t9-,10?,11-,12-,13-/m0/s1. The highest BCUT2D eigenvalue weighted by Crippen LogP contribution is 2.32.